The van der Waals surface area contributed by atoms with Gasteiger partial charge in [-0.1, -0.05) is 32.6 Å². The second kappa shape index (κ2) is 5.38. The van der Waals surface area contributed by atoms with Crippen molar-refractivity contribution < 1.29 is 4.79 Å². The van der Waals surface area contributed by atoms with Crippen molar-refractivity contribution >= 4 is 5.91 Å². The second-order valence-corrected chi connectivity index (χ2v) is 6.18. The molecule has 0 bridgehead atoms. The molecule has 2 unspecified atom stereocenters. The van der Waals surface area contributed by atoms with Crippen LogP contribution in [0, 0.1) is 5.92 Å². The summed E-state index contributed by atoms with van der Waals surface area (Å²) in [4.78, 5) is 12.0. The van der Waals surface area contributed by atoms with Crippen molar-refractivity contribution in [2.24, 2.45) is 11.7 Å². The molecule has 0 aromatic rings. The van der Waals surface area contributed by atoms with Gasteiger partial charge in [-0.25, -0.2) is 0 Å². The highest BCUT2D eigenvalue weighted by Gasteiger charge is 2.32. The van der Waals surface area contributed by atoms with E-state index in [4.69, 9.17) is 5.73 Å². The Labute approximate surface area is 105 Å². The molecule has 0 aromatic heterocycles. The van der Waals surface area contributed by atoms with E-state index in [-0.39, 0.29) is 11.4 Å². The Morgan fingerprint density at radius 3 is 2.53 bits per heavy atom. The Kier molecular flexibility index (Phi) is 4.08. The van der Waals surface area contributed by atoms with Gasteiger partial charge in [0, 0.05) is 18.0 Å². The predicted octanol–water partition coefficient (Wildman–Crippen LogP) is 2.34. The van der Waals surface area contributed by atoms with Crippen LogP contribution in [0.4, 0.5) is 0 Å². The lowest BCUT2D eigenvalue weighted by molar-refractivity contribution is -0.123. The van der Waals surface area contributed by atoms with Gasteiger partial charge in [-0.05, 0) is 31.6 Å². The number of carbonyl (C=O) groups is 1. The van der Waals surface area contributed by atoms with Crippen molar-refractivity contribution in [3.8, 4) is 0 Å². The van der Waals surface area contributed by atoms with Gasteiger partial charge in [0.2, 0.25) is 5.91 Å². The van der Waals surface area contributed by atoms with Crippen molar-refractivity contribution in [2.45, 2.75) is 76.3 Å². The molecule has 2 aliphatic rings. The Hall–Kier alpha value is -0.570. The summed E-state index contributed by atoms with van der Waals surface area (Å²) < 4.78 is 0. The van der Waals surface area contributed by atoms with E-state index in [1.54, 1.807) is 0 Å². The summed E-state index contributed by atoms with van der Waals surface area (Å²) in [5, 5.41) is 3.18. The van der Waals surface area contributed by atoms with Crippen LogP contribution in [0.3, 0.4) is 0 Å². The van der Waals surface area contributed by atoms with Gasteiger partial charge >= 0.3 is 0 Å². The van der Waals surface area contributed by atoms with Crippen LogP contribution >= 0.6 is 0 Å². The molecule has 0 aliphatic heterocycles. The van der Waals surface area contributed by atoms with Crippen molar-refractivity contribution in [3.63, 3.8) is 0 Å². The highest BCUT2D eigenvalue weighted by atomic mass is 16.1. The number of hydrogen-bond acceptors (Lipinski definition) is 2. The smallest absolute Gasteiger partial charge is 0.222 e. The van der Waals surface area contributed by atoms with E-state index in [1.807, 2.05) is 0 Å². The summed E-state index contributed by atoms with van der Waals surface area (Å²) in [6.07, 6.45) is 9.84. The van der Waals surface area contributed by atoms with Crippen LogP contribution in [0.25, 0.3) is 0 Å². The fourth-order valence-electron chi connectivity index (χ4n) is 3.37. The Morgan fingerprint density at radius 2 is 1.94 bits per heavy atom. The maximum Gasteiger partial charge on any atom is 0.222 e. The second-order valence-electron chi connectivity index (χ2n) is 6.18. The summed E-state index contributed by atoms with van der Waals surface area (Å²) in [7, 11) is 0. The summed E-state index contributed by atoms with van der Waals surface area (Å²) in [6, 6.07) is 0.398. The minimum absolute atomic E-state index is 0.174. The van der Waals surface area contributed by atoms with E-state index in [1.165, 1.54) is 32.1 Å². The van der Waals surface area contributed by atoms with E-state index in [9.17, 15) is 4.79 Å². The van der Waals surface area contributed by atoms with Gasteiger partial charge in [-0.2, -0.15) is 0 Å². The normalized spacial score (nSPS) is 32.4. The summed E-state index contributed by atoms with van der Waals surface area (Å²) >= 11 is 0. The molecule has 3 heteroatoms. The van der Waals surface area contributed by atoms with Crippen LogP contribution < -0.4 is 11.1 Å². The lowest BCUT2D eigenvalue weighted by Gasteiger charge is -2.33. The quantitative estimate of drug-likeness (QED) is 0.793. The third-order valence-electron chi connectivity index (χ3n) is 4.57. The summed E-state index contributed by atoms with van der Waals surface area (Å²) in [6.45, 7) is 2.23. The monoisotopic (exact) mass is 238 g/mol. The van der Waals surface area contributed by atoms with Gasteiger partial charge in [0.05, 0.1) is 0 Å². The first-order valence-electron chi connectivity index (χ1n) is 7.17. The zero-order chi connectivity index (χ0) is 12.3. The maximum absolute atomic E-state index is 12.0. The molecule has 1 amide bonds. The molecule has 2 aliphatic carbocycles. The first kappa shape index (κ1) is 12.9. The number of amides is 1. The molecule has 3 N–H and O–H groups in total. The number of rotatable bonds is 3. The predicted molar refractivity (Wildman–Crippen MR) is 69.6 cm³/mol. The van der Waals surface area contributed by atoms with Crippen LogP contribution in [0.1, 0.15) is 64.7 Å². The van der Waals surface area contributed by atoms with E-state index in [2.05, 4.69) is 12.2 Å². The number of carbonyl (C=O) groups excluding carboxylic acids is 1. The SMILES string of the molecule is CC1CCCC1NC(=O)CC1(N)CCCCC1. The maximum atomic E-state index is 12.0. The molecule has 2 rings (SSSR count). The van der Waals surface area contributed by atoms with Crippen molar-refractivity contribution in [3.05, 3.63) is 0 Å². The highest BCUT2D eigenvalue weighted by Crippen LogP contribution is 2.29. The Bertz CT molecular complexity index is 271. The summed E-state index contributed by atoms with van der Waals surface area (Å²) in [5.74, 6) is 0.812. The van der Waals surface area contributed by atoms with Crippen molar-refractivity contribution in [2.75, 3.05) is 0 Å². The van der Waals surface area contributed by atoms with Gasteiger partial charge in [-0.15, -0.1) is 0 Å². The lowest BCUT2D eigenvalue weighted by atomic mass is 9.80. The number of hydrogen-bond donors (Lipinski definition) is 2. The number of nitrogens with two attached hydrogens (primary N) is 1. The van der Waals surface area contributed by atoms with Gasteiger partial charge < -0.3 is 11.1 Å². The molecule has 0 aromatic carbocycles. The minimum atomic E-state index is -0.218. The first-order valence-corrected chi connectivity index (χ1v) is 7.17. The van der Waals surface area contributed by atoms with Crippen LogP contribution in [-0.2, 0) is 4.79 Å². The first-order chi connectivity index (χ1) is 8.09. The topological polar surface area (TPSA) is 55.1 Å². The van der Waals surface area contributed by atoms with Gasteiger partial charge in [0.25, 0.3) is 0 Å². The molecular formula is C14H26N2O. The highest BCUT2D eigenvalue weighted by molar-refractivity contribution is 5.77. The molecule has 0 heterocycles. The Balaban J connectivity index is 1.80. The molecule has 3 nitrogen and oxygen atoms in total. The van der Waals surface area contributed by atoms with Crippen LogP contribution in [0.5, 0.6) is 0 Å². The average molecular weight is 238 g/mol. The average Bonchev–Trinajstić information content (AvgIpc) is 2.64. The van der Waals surface area contributed by atoms with Crippen molar-refractivity contribution in [1.29, 1.82) is 0 Å². The zero-order valence-corrected chi connectivity index (χ0v) is 11.0. The van der Waals surface area contributed by atoms with Crippen LogP contribution in [0.15, 0.2) is 0 Å². The van der Waals surface area contributed by atoms with Crippen LogP contribution in [-0.4, -0.2) is 17.5 Å². The molecule has 0 radical (unpaired) electrons. The lowest BCUT2D eigenvalue weighted by Crippen LogP contribution is -2.48. The third kappa shape index (κ3) is 3.44. The number of nitrogens with one attached hydrogen (secondary N) is 1. The molecule has 2 fully saturated rings. The fraction of sp³-hybridized carbons (Fsp3) is 0.929. The van der Waals surface area contributed by atoms with Gasteiger partial charge in [0.15, 0.2) is 0 Å². The largest absolute Gasteiger partial charge is 0.353 e. The Morgan fingerprint density at radius 1 is 1.24 bits per heavy atom. The molecule has 2 atom stereocenters. The third-order valence-corrected chi connectivity index (χ3v) is 4.57. The van der Waals surface area contributed by atoms with Crippen molar-refractivity contribution in [1.82, 2.24) is 5.32 Å². The van der Waals surface area contributed by atoms with E-state index in [0.29, 0.717) is 18.4 Å². The molecule has 98 valence electrons. The minimum Gasteiger partial charge on any atom is -0.353 e. The standard InChI is InChI=1S/C14H26N2O/c1-11-6-5-7-12(11)16-13(17)10-14(15)8-3-2-4-9-14/h11-12H,2-10,15H2,1H3,(H,16,17). The summed E-state index contributed by atoms with van der Waals surface area (Å²) in [5.41, 5.74) is 6.09. The van der Waals surface area contributed by atoms with Crippen LogP contribution in [0.2, 0.25) is 0 Å². The van der Waals surface area contributed by atoms with E-state index >= 15 is 0 Å². The zero-order valence-electron chi connectivity index (χ0n) is 11.0. The molecule has 17 heavy (non-hydrogen) atoms. The molecule has 2 saturated carbocycles. The fourth-order valence-corrected chi connectivity index (χ4v) is 3.37. The molecule has 0 saturated heterocycles. The van der Waals surface area contributed by atoms with E-state index < -0.39 is 0 Å². The molecule has 0 spiro atoms. The van der Waals surface area contributed by atoms with E-state index in [0.717, 1.165) is 19.3 Å². The molecular weight excluding hydrogens is 212 g/mol. The van der Waals surface area contributed by atoms with Gasteiger partial charge in [0.1, 0.15) is 0 Å². The van der Waals surface area contributed by atoms with Gasteiger partial charge in [-0.3, -0.25) is 4.79 Å².